The first-order chi connectivity index (χ1) is 17.7. The Kier molecular flexibility index (Phi) is 8.28. The highest BCUT2D eigenvalue weighted by molar-refractivity contribution is 7.92. The Morgan fingerprint density at radius 3 is 2.05 bits per heavy atom. The van der Waals surface area contributed by atoms with E-state index in [1.165, 1.54) is 45.0 Å². The van der Waals surface area contributed by atoms with Crippen molar-refractivity contribution in [3.8, 4) is 0 Å². The van der Waals surface area contributed by atoms with E-state index < -0.39 is 20.0 Å². The summed E-state index contributed by atoms with van der Waals surface area (Å²) in [4.78, 5) is 12.9. The Hall–Kier alpha value is -3.25. The van der Waals surface area contributed by atoms with Crippen molar-refractivity contribution < 1.29 is 26.4 Å². The number of Topliss-reactive ketones (excluding diaryl/α,β-unsaturated/α-hetero) is 1. The van der Waals surface area contributed by atoms with Gasteiger partial charge in [0.15, 0.2) is 5.78 Å². The van der Waals surface area contributed by atoms with E-state index in [0.29, 0.717) is 43.2 Å². The smallest absolute Gasteiger partial charge is 0.264 e. The first-order valence-electron chi connectivity index (χ1n) is 11.9. The first kappa shape index (κ1) is 26.8. The molecular weight excluding hydrogens is 514 g/mol. The van der Waals surface area contributed by atoms with Crippen LogP contribution in [0, 0.1) is 0 Å². The Labute approximate surface area is 217 Å². The van der Waals surface area contributed by atoms with Crippen molar-refractivity contribution in [3.63, 3.8) is 0 Å². The van der Waals surface area contributed by atoms with Crippen LogP contribution in [0.15, 0.2) is 88.7 Å². The van der Waals surface area contributed by atoms with Crippen LogP contribution in [0.4, 0.5) is 11.4 Å². The number of morpholine rings is 1. The van der Waals surface area contributed by atoms with E-state index in [2.05, 4.69) is 5.32 Å². The number of para-hydroxylation sites is 1. The van der Waals surface area contributed by atoms with Gasteiger partial charge in [-0.2, -0.15) is 4.31 Å². The molecule has 0 bridgehead atoms. The van der Waals surface area contributed by atoms with E-state index in [4.69, 9.17) is 4.74 Å². The molecule has 0 unspecified atom stereocenters. The molecule has 9 nitrogen and oxygen atoms in total. The molecule has 0 radical (unpaired) electrons. The molecule has 1 saturated heterocycles. The van der Waals surface area contributed by atoms with Crippen molar-refractivity contribution in [1.82, 2.24) is 4.31 Å². The van der Waals surface area contributed by atoms with Crippen molar-refractivity contribution in [2.75, 3.05) is 49.0 Å². The number of hydrogen-bond donors (Lipinski definition) is 1. The number of ether oxygens (including phenoxy) is 1. The molecule has 0 aromatic heterocycles. The van der Waals surface area contributed by atoms with Crippen LogP contribution in [0.5, 0.6) is 0 Å². The van der Waals surface area contributed by atoms with Gasteiger partial charge in [-0.25, -0.2) is 16.8 Å². The summed E-state index contributed by atoms with van der Waals surface area (Å²) in [6.45, 7) is 3.35. The topological polar surface area (TPSA) is 113 Å². The molecule has 1 N–H and O–H groups in total. The minimum Gasteiger partial charge on any atom is -0.379 e. The third-order valence-corrected chi connectivity index (χ3v) is 9.84. The monoisotopic (exact) mass is 543 g/mol. The Bertz CT molecular complexity index is 1420. The minimum atomic E-state index is -3.74. The molecule has 0 spiro atoms. The van der Waals surface area contributed by atoms with E-state index in [1.54, 1.807) is 43.3 Å². The second kappa shape index (κ2) is 11.4. The number of anilines is 2. The molecule has 1 aliphatic rings. The average Bonchev–Trinajstić information content (AvgIpc) is 2.93. The number of ketones is 1. The molecule has 1 heterocycles. The van der Waals surface area contributed by atoms with Gasteiger partial charge in [0.05, 0.1) is 35.2 Å². The Morgan fingerprint density at radius 1 is 0.865 bits per heavy atom. The summed E-state index contributed by atoms with van der Waals surface area (Å²) in [5, 5.41) is 2.99. The van der Waals surface area contributed by atoms with Gasteiger partial charge in [-0.3, -0.25) is 9.10 Å². The summed E-state index contributed by atoms with van der Waals surface area (Å²) in [6, 6.07) is 21.0. The predicted molar refractivity (Wildman–Crippen MR) is 142 cm³/mol. The highest BCUT2D eigenvalue weighted by Gasteiger charge is 2.26. The standard InChI is InChI=1S/C26H29N3O6S2/c1-2-29(23-6-4-3-5-7-23)37(33,34)25-14-10-22(11-15-25)27-20-26(30)21-8-12-24(13-9-21)36(31,32)28-16-18-35-19-17-28/h3-15,27H,2,16-20H2,1H3. The maximum absolute atomic E-state index is 13.1. The summed E-state index contributed by atoms with van der Waals surface area (Å²) in [6.07, 6.45) is 0. The molecule has 37 heavy (non-hydrogen) atoms. The van der Waals surface area contributed by atoms with E-state index in [-0.39, 0.29) is 28.7 Å². The van der Waals surface area contributed by atoms with Gasteiger partial charge in [-0.1, -0.05) is 18.2 Å². The van der Waals surface area contributed by atoms with Crippen molar-refractivity contribution in [1.29, 1.82) is 0 Å². The molecule has 196 valence electrons. The number of carbonyl (C=O) groups excluding carboxylic acids is 1. The van der Waals surface area contributed by atoms with Gasteiger partial charge in [-0.05, 0) is 67.6 Å². The molecule has 0 amide bonds. The second-order valence-corrected chi connectivity index (χ2v) is 12.1. The van der Waals surface area contributed by atoms with Crippen LogP contribution < -0.4 is 9.62 Å². The summed E-state index contributed by atoms with van der Waals surface area (Å²) < 4.78 is 59.7. The Morgan fingerprint density at radius 2 is 1.46 bits per heavy atom. The maximum Gasteiger partial charge on any atom is 0.264 e. The van der Waals surface area contributed by atoms with Gasteiger partial charge in [-0.15, -0.1) is 0 Å². The molecule has 4 rings (SSSR count). The zero-order chi connectivity index (χ0) is 26.5. The average molecular weight is 544 g/mol. The zero-order valence-electron chi connectivity index (χ0n) is 20.4. The normalized spacial score (nSPS) is 14.7. The lowest BCUT2D eigenvalue weighted by Crippen LogP contribution is -2.40. The van der Waals surface area contributed by atoms with Crippen LogP contribution in [0.2, 0.25) is 0 Å². The van der Waals surface area contributed by atoms with Crippen LogP contribution in [-0.2, 0) is 24.8 Å². The van der Waals surface area contributed by atoms with E-state index in [0.717, 1.165) is 0 Å². The Balaban J connectivity index is 1.39. The molecule has 3 aromatic carbocycles. The lowest BCUT2D eigenvalue weighted by Gasteiger charge is -2.26. The highest BCUT2D eigenvalue weighted by Crippen LogP contribution is 2.24. The number of nitrogens with one attached hydrogen (secondary N) is 1. The highest BCUT2D eigenvalue weighted by atomic mass is 32.2. The molecule has 11 heteroatoms. The van der Waals surface area contributed by atoms with Gasteiger partial charge in [0, 0.05) is 30.9 Å². The number of carbonyl (C=O) groups is 1. The van der Waals surface area contributed by atoms with Crippen molar-refractivity contribution >= 4 is 37.2 Å². The van der Waals surface area contributed by atoms with Crippen LogP contribution in [0.3, 0.4) is 0 Å². The van der Waals surface area contributed by atoms with Gasteiger partial charge in [0.2, 0.25) is 10.0 Å². The van der Waals surface area contributed by atoms with Gasteiger partial charge in [0.25, 0.3) is 10.0 Å². The zero-order valence-corrected chi connectivity index (χ0v) is 22.0. The molecule has 0 aliphatic carbocycles. The summed E-state index contributed by atoms with van der Waals surface area (Å²) in [5.74, 6) is -0.228. The largest absolute Gasteiger partial charge is 0.379 e. The van der Waals surface area contributed by atoms with Crippen molar-refractivity contribution in [2.45, 2.75) is 16.7 Å². The second-order valence-electron chi connectivity index (χ2n) is 8.35. The van der Waals surface area contributed by atoms with Crippen molar-refractivity contribution in [3.05, 3.63) is 84.4 Å². The SMILES string of the molecule is CCN(c1ccccc1)S(=O)(=O)c1ccc(NCC(=O)c2ccc(S(=O)(=O)N3CCOCC3)cc2)cc1. The van der Waals surface area contributed by atoms with Crippen LogP contribution >= 0.6 is 0 Å². The molecule has 1 fully saturated rings. The minimum absolute atomic E-state index is 0.0350. The quantitative estimate of drug-likeness (QED) is 0.391. The van der Waals surface area contributed by atoms with E-state index in [1.807, 2.05) is 6.07 Å². The van der Waals surface area contributed by atoms with Gasteiger partial charge in [0.1, 0.15) is 0 Å². The fourth-order valence-corrected chi connectivity index (χ4v) is 6.87. The number of hydrogen-bond acceptors (Lipinski definition) is 7. The fraction of sp³-hybridized carbons (Fsp3) is 0.269. The molecular formula is C26H29N3O6S2. The lowest BCUT2D eigenvalue weighted by atomic mass is 10.1. The van der Waals surface area contributed by atoms with Crippen LogP contribution in [0.25, 0.3) is 0 Å². The fourth-order valence-electron chi connectivity index (χ4n) is 3.99. The van der Waals surface area contributed by atoms with Crippen LogP contribution in [0.1, 0.15) is 17.3 Å². The van der Waals surface area contributed by atoms with Crippen molar-refractivity contribution in [2.24, 2.45) is 0 Å². The number of rotatable bonds is 10. The van der Waals surface area contributed by atoms with E-state index >= 15 is 0 Å². The lowest BCUT2D eigenvalue weighted by molar-refractivity contribution is 0.0730. The first-order valence-corrected chi connectivity index (χ1v) is 14.7. The molecule has 0 atom stereocenters. The third-order valence-electron chi connectivity index (χ3n) is 6.01. The van der Waals surface area contributed by atoms with Gasteiger partial charge < -0.3 is 10.1 Å². The summed E-state index contributed by atoms with van der Waals surface area (Å²) in [7, 11) is -7.37. The number of sulfonamides is 2. The summed E-state index contributed by atoms with van der Waals surface area (Å²) in [5.41, 5.74) is 1.54. The molecule has 1 aliphatic heterocycles. The molecule has 3 aromatic rings. The number of benzene rings is 3. The summed E-state index contributed by atoms with van der Waals surface area (Å²) >= 11 is 0. The van der Waals surface area contributed by atoms with E-state index in [9.17, 15) is 21.6 Å². The van der Waals surface area contributed by atoms with Gasteiger partial charge >= 0.3 is 0 Å². The number of nitrogens with zero attached hydrogens (tertiary/aromatic N) is 2. The maximum atomic E-state index is 13.1. The predicted octanol–water partition coefficient (Wildman–Crippen LogP) is 3.22. The van der Waals surface area contributed by atoms with Crippen LogP contribution in [-0.4, -0.2) is 66.3 Å². The third kappa shape index (κ3) is 6.02. The molecule has 0 saturated carbocycles.